The molecule has 2 aromatic rings. The lowest BCUT2D eigenvalue weighted by atomic mass is 9.75. The molecule has 2 aliphatic rings. The van der Waals surface area contributed by atoms with Crippen LogP contribution in [0.25, 0.3) is 0 Å². The van der Waals surface area contributed by atoms with Crippen LogP contribution in [0.3, 0.4) is 0 Å². The summed E-state index contributed by atoms with van der Waals surface area (Å²) in [5.41, 5.74) is 4.11. The number of carbonyl (C=O) groups is 1. The van der Waals surface area contributed by atoms with E-state index in [0.29, 0.717) is 0 Å². The van der Waals surface area contributed by atoms with Crippen LogP contribution in [0.2, 0.25) is 0 Å². The highest BCUT2D eigenvalue weighted by Gasteiger charge is 2.40. The number of aryl methyl sites for hydroxylation is 1. The average Bonchev–Trinajstić information content (AvgIpc) is 2.67. The van der Waals surface area contributed by atoms with Crippen molar-refractivity contribution >= 4 is 5.91 Å². The first-order valence-electron chi connectivity index (χ1n) is 9.75. The lowest BCUT2D eigenvalue weighted by Crippen LogP contribution is -2.56. The third kappa shape index (κ3) is 3.59. The van der Waals surface area contributed by atoms with E-state index in [9.17, 15) is 4.79 Å². The number of hydrogen-bond donors (Lipinski definition) is 0. The van der Waals surface area contributed by atoms with Crippen molar-refractivity contribution in [2.45, 2.75) is 32.2 Å². The van der Waals surface area contributed by atoms with Gasteiger partial charge in [0.05, 0.1) is 6.04 Å². The lowest BCUT2D eigenvalue weighted by molar-refractivity contribution is -0.136. The standard InChI is InChI=1S/C23H28N2O2/c1-17-8-10-18(11-9-17)27-15-22(26)24-12-13-25-16-23(2,3)20-7-5-4-6-19(20)21(25)14-24/h4-11,21H,12-16H2,1-3H3. The second kappa shape index (κ2) is 7.01. The van der Waals surface area contributed by atoms with Gasteiger partial charge >= 0.3 is 0 Å². The molecule has 1 atom stereocenters. The Morgan fingerprint density at radius 3 is 2.63 bits per heavy atom. The van der Waals surface area contributed by atoms with Crippen molar-refractivity contribution in [2.75, 3.05) is 32.8 Å². The van der Waals surface area contributed by atoms with Gasteiger partial charge < -0.3 is 9.64 Å². The molecule has 1 unspecified atom stereocenters. The van der Waals surface area contributed by atoms with Crippen LogP contribution in [-0.4, -0.2) is 48.5 Å². The van der Waals surface area contributed by atoms with Crippen LogP contribution in [0.4, 0.5) is 0 Å². The highest BCUT2D eigenvalue weighted by Crippen LogP contribution is 2.40. The third-order valence-corrected chi connectivity index (χ3v) is 5.87. The van der Waals surface area contributed by atoms with Crippen molar-refractivity contribution in [3.8, 4) is 5.75 Å². The van der Waals surface area contributed by atoms with Gasteiger partial charge in [0.1, 0.15) is 5.75 Å². The predicted octanol–water partition coefficient (Wildman–Crippen LogP) is 3.55. The Balaban J connectivity index is 1.45. The van der Waals surface area contributed by atoms with Crippen LogP contribution in [0.5, 0.6) is 5.75 Å². The molecule has 0 N–H and O–H groups in total. The molecule has 0 aliphatic carbocycles. The lowest BCUT2D eigenvalue weighted by Gasteiger charge is -2.50. The molecule has 0 spiro atoms. The van der Waals surface area contributed by atoms with Crippen molar-refractivity contribution in [1.82, 2.24) is 9.80 Å². The van der Waals surface area contributed by atoms with E-state index >= 15 is 0 Å². The number of amides is 1. The van der Waals surface area contributed by atoms with Crippen molar-refractivity contribution in [3.05, 3.63) is 65.2 Å². The Hall–Kier alpha value is -2.33. The Labute approximate surface area is 161 Å². The van der Waals surface area contributed by atoms with Gasteiger partial charge in [-0.05, 0) is 30.2 Å². The molecular formula is C23H28N2O2. The summed E-state index contributed by atoms with van der Waals surface area (Å²) in [5, 5.41) is 0. The smallest absolute Gasteiger partial charge is 0.260 e. The number of piperazine rings is 1. The van der Waals surface area contributed by atoms with E-state index in [2.05, 4.69) is 43.0 Å². The van der Waals surface area contributed by atoms with E-state index in [0.717, 1.165) is 31.9 Å². The molecule has 0 bridgehead atoms. The van der Waals surface area contributed by atoms with Crippen LogP contribution < -0.4 is 4.74 Å². The number of nitrogens with zero attached hydrogens (tertiary/aromatic N) is 2. The minimum atomic E-state index is 0.0672. The fourth-order valence-corrected chi connectivity index (χ4v) is 4.40. The maximum absolute atomic E-state index is 12.7. The molecule has 0 radical (unpaired) electrons. The van der Waals surface area contributed by atoms with E-state index in [1.165, 1.54) is 16.7 Å². The third-order valence-electron chi connectivity index (χ3n) is 5.87. The van der Waals surface area contributed by atoms with Crippen LogP contribution in [0.1, 0.15) is 36.6 Å². The maximum atomic E-state index is 12.7. The van der Waals surface area contributed by atoms with E-state index in [1.54, 1.807) is 0 Å². The number of carbonyl (C=O) groups excluding carboxylic acids is 1. The molecule has 2 aliphatic heterocycles. The van der Waals surface area contributed by atoms with Gasteiger partial charge in [0, 0.05) is 31.6 Å². The van der Waals surface area contributed by atoms with Gasteiger partial charge in [0.2, 0.25) is 0 Å². The Bertz CT molecular complexity index is 829. The molecule has 2 aromatic carbocycles. The number of hydrogen-bond acceptors (Lipinski definition) is 3. The Morgan fingerprint density at radius 2 is 1.85 bits per heavy atom. The summed E-state index contributed by atoms with van der Waals surface area (Å²) in [5.74, 6) is 0.815. The zero-order chi connectivity index (χ0) is 19.0. The maximum Gasteiger partial charge on any atom is 0.260 e. The van der Waals surface area contributed by atoms with E-state index in [1.807, 2.05) is 36.1 Å². The Kier molecular flexibility index (Phi) is 4.68. The fourth-order valence-electron chi connectivity index (χ4n) is 4.40. The van der Waals surface area contributed by atoms with Gasteiger partial charge in [-0.1, -0.05) is 55.8 Å². The van der Waals surface area contributed by atoms with Crippen molar-refractivity contribution in [1.29, 1.82) is 0 Å². The zero-order valence-corrected chi connectivity index (χ0v) is 16.4. The molecule has 1 amide bonds. The van der Waals surface area contributed by atoms with E-state index in [-0.39, 0.29) is 24.0 Å². The quantitative estimate of drug-likeness (QED) is 0.835. The molecule has 27 heavy (non-hydrogen) atoms. The normalized spacial score (nSPS) is 21.3. The molecule has 0 saturated carbocycles. The highest BCUT2D eigenvalue weighted by molar-refractivity contribution is 5.78. The first kappa shape index (κ1) is 18.1. The summed E-state index contributed by atoms with van der Waals surface area (Å²) in [7, 11) is 0. The largest absolute Gasteiger partial charge is 0.484 e. The molecule has 4 rings (SSSR count). The van der Waals surface area contributed by atoms with Crippen LogP contribution in [-0.2, 0) is 10.2 Å². The fraction of sp³-hybridized carbons (Fsp3) is 0.435. The van der Waals surface area contributed by atoms with Gasteiger partial charge in [-0.25, -0.2) is 0 Å². The molecule has 1 saturated heterocycles. The van der Waals surface area contributed by atoms with Gasteiger partial charge in [-0.3, -0.25) is 9.69 Å². The van der Waals surface area contributed by atoms with Crippen molar-refractivity contribution < 1.29 is 9.53 Å². The second-order valence-corrected chi connectivity index (χ2v) is 8.40. The minimum Gasteiger partial charge on any atom is -0.484 e. The SMILES string of the molecule is Cc1ccc(OCC(=O)N2CCN3CC(C)(C)c4ccccc4C3C2)cc1. The van der Waals surface area contributed by atoms with Gasteiger partial charge in [-0.15, -0.1) is 0 Å². The number of fused-ring (bicyclic) bond motifs is 3. The summed E-state index contributed by atoms with van der Waals surface area (Å²) >= 11 is 0. The number of rotatable bonds is 3. The van der Waals surface area contributed by atoms with Crippen LogP contribution in [0.15, 0.2) is 48.5 Å². The first-order chi connectivity index (χ1) is 12.9. The molecule has 2 heterocycles. The molecular weight excluding hydrogens is 336 g/mol. The number of benzene rings is 2. The second-order valence-electron chi connectivity index (χ2n) is 8.40. The predicted molar refractivity (Wildman–Crippen MR) is 107 cm³/mol. The monoisotopic (exact) mass is 364 g/mol. The van der Waals surface area contributed by atoms with Gasteiger partial charge in [0.15, 0.2) is 6.61 Å². The first-order valence-corrected chi connectivity index (χ1v) is 9.75. The Morgan fingerprint density at radius 1 is 1.11 bits per heavy atom. The van der Waals surface area contributed by atoms with Gasteiger partial charge in [0.25, 0.3) is 5.91 Å². The summed E-state index contributed by atoms with van der Waals surface area (Å²) in [4.78, 5) is 17.2. The van der Waals surface area contributed by atoms with Crippen molar-refractivity contribution in [2.24, 2.45) is 0 Å². The van der Waals surface area contributed by atoms with Crippen molar-refractivity contribution in [3.63, 3.8) is 0 Å². The van der Waals surface area contributed by atoms with E-state index in [4.69, 9.17) is 4.74 Å². The summed E-state index contributed by atoms with van der Waals surface area (Å²) in [6.45, 7) is 10.2. The summed E-state index contributed by atoms with van der Waals surface area (Å²) in [6, 6.07) is 16.8. The molecule has 142 valence electrons. The minimum absolute atomic E-state index is 0.0672. The van der Waals surface area contributed by atoms with E-state index < -0.39 is 0 Å². The summed E-state index contributed by atoms with van der Waals surface area (Å²) in [6.07, 6.45) is 0. The van der Waals surface area contributed by atoms with Crippen LogP contribution >= 0.6 is 0 Å². The number of ether oxygens (including phenoxy) is 1. The molecule has 4 heteroatoms. The molecule has 1 fully saturated rings. The molecule has 4 nitrogen and oxygen atoms in total. The average molecular weight is 364 g/mol. The molecule has 0 aromatic heterocycles. The van der Waals surface area contributed by atoms with Gasteiger partial charge in [-0.2, -0.15) is 0 Å². The summed E-state index contributed by atoms with van der Waals surface area (Å²) < 4.78 is 5.71. The zero-order valence-electron chi connectivity index (χ0n) is 16.4. The highest BCUT2D eigenvalue weighted by atomic mass is 16.5. The van der Waals surface area contributed by atoms with Crippen LogP contribution in [0, 0.1) is 6.92 Å². The topological polar surface area (TPSA) is 32.8 Å².